The minimum Gasteiger partial charge on any atom is -0.490 e. The first-order valence-electron chi connectivity index (χ1n) is 13.7. The molecule has 0 aliphatic carbocycles. The third-order valence-corrected chi connectivity index (χ3v) is 6.30. The van der Waals surface area contributed by atoms with Gasteiger partial charge in [0.25, 0.3) is 0 Å². The number of hydrogen-bond donors (Lipinski definition) is 3. The van der Waals surface area contributed by atoms with Gasteiger partial charge < -0.3 is 30.6 Å². The Morgan fingerprint density at radius 2 is 1.86 bits per heavy atom. The van der Waals surface area contributed by atoms with Crippen molar-refractivity contribution >= 4 is 35.5 Å². The standard InChI is InChI=1S/C31H44ClN3O7/c1-20(19-21(2)24-16-17-25(40-7)29(38)42-24)11-8-9-13-26(36)35-27(31(4,5)6)28(37)34-18-10-12-23(41-30(33)39)15-14-22(3)32/h8-11,13-14,17-19,21,23-24,27H,12,15-16H2,1-7H3,(H2,33,39)(H,34,37)(H,35,36)/b11-8-,13-9-,18-10-,20-19+,22-14+. The van der Waals surface area contributed by atoms with E-state index in [9.17, 15) is 19.2 Å². The molecule has 42 heavy (non-hydrogen) atoms. The molecule has 4 N–H and O–H groups in total. The fourth-order valence-corrected chi connectivity index (χ4v) is 4.02. The Balaban J connectivity index is 2.70. The van der Waals surface area contributed by atoms with Crippen molar-refractivity contribution < 1.29 is 33.4 Å². The maximum atomic E-state index is 12.9. The van der Waals surface area contributed by atoms with Gasteiger partial charge in [-0.1, -0.05) is 81.3 Å². The number of carbonyl (C=O) groups is 4. The van der Waals surface area contributed by atoms with E-state index in [1.54, 1.807) is 37.3 Å². The maximum Gasteiger partial charge on any atom is 0.404 e. The second-order valence-corrected chi connectivity index (χ2v) is 11.6. The predicted octanol–water partition coefficient (Wildman–Crippen LogP) is 5.07. The number of nitrogens with one attached hydrogen (secondary N) is 2. The van der Waals surface area contributed by atoms with Crippen LogP contribution in [0.2, 0.25) is 0 Å². The highest BCUT2D eigenvalue weighted by Gasteiger charge is 2.32. The van der Waals surface area contributed by atoms with E-state index in [4.69, 9.17) is 31.5 Å². The van der Waals surface area contributed by atoms with Gasteiger partial charge in [-0.05, 0) is 31.5 Å². The molecule has 0 radical (unpaired) electrons. The molecule has 0 aromatic carbocycles. The number of carbonyl (C=O) groups excluding carboxylic acids is 4. The minimum atomic E-state index is -0.900. The Labute approximate surface area is 253 Å². The van der Waals surface area contributed by atoms with Crippen molar-refractivity contribution in [2.24, 2.45) is 17.1 Å². The van der Waals surface area contributed by atoms with Gasteiger partial charge in [0.15, 0.2) is 5.76 Å². The molecule has 0 aromatic heterocycles. The highest BCUT2D eigenvalue weighted by molar-refractivity contribution is 6.29. The Kier molecular flexibility index (Phi) is 15.4. The van der Waals surface area contributed by atoms with Crippen molar-refractivity contribution in [1.82, 2.24) is 10.6 Å². The summed E-state index contributed by atoms with van der Waals surface area (Å²) in [5.74, 6) is -1.10. The van der Waals surface area contributed by atoms with Gasteiger partial charge in [0.2, 0.25) is 11.8 Å². The summed E-state index contributed by atoms with van der Waals surface area (Å²) < 4.78 is 15.5. The van der Waals surface area contributed by atoms with Crippen LogP contribution in [-0.2, 0) is 28.6 Å². The molecule has 10 nitrogen and oxygen atoms in total. The van der Waals surface area contributed by atoms with Gasteiger partial charge in [0.1, 0.15) is 18.2 Å². The average molecular weight is 606 g/mol. The molecule has 1 heterocycles. The molecule has 3 amide bonds. The highest BCUT2D eigenvalue weighted by Crippen LogP contribution is 2.23. The fourth-order valence-electron chi connectivity index (χ4n) is 3.93. The normalized spacial score (nSPS) is 18.8. The molecule has 4 atom stereocenters. The summed E-state index contributed by atoms with van der Waals surface area (Å²) in [6.07, 6.45) is 14.5. The van der Waals surface area contributed by atoms with Gasteiger partial charge in [0.05, 0.1) is 7.11 Å². The number of hydrogen-bond acceptors (Lipinski definition) is 7. The van der Waals surface area contributed by atoms with E-state index in [0.717, 1.165) is 5.57 Å². The molecule has 4 unspecified atom stereocenters. The van der Waals surface area contributed by atoms with Crippen LogP contribution in [0.25, 0.3) is 0 Å². The highest BCUT2D eigenvalue weighted by atomic mass is 35.5. The first-order valence-corrected chi connectivity index (χ1v) is 14.0. The minimum absolute atomic E-state index is 0.0196. The summed E-state index contributed by atoms with van der Waals surface area (Å²) in [5, 5.41) is 5.98. The van der Waals surface area contributed by atoms with E-state index in [0.29, 0.717) is 24.3 Å². The topological polar surface area (TPSA) is 146 Å². The van der Waals surface area contributed by atoms with Gasteiger partial charge in [0, 0.05) is 36.3 Å². The molecule has 1 aliphatic heterocycles. The lowest BCUT2D eigenvalue weighted by Crippen LogP contribution is -2.52. The number of halogens is 1. The zero-order chi connectivity index (χ0) is 31.9. The van der Waals surface area contributed by atoms with E-state index in [1.807, 2.05) is 46.8 Å². The van der Waals surface area contributed by atoms with Crippen LogP contribution >= 0.6 is 11.6 Å². The van der Waals surface area contributed by atoms with E-state index in [1.165, 1.54) is 19.4 Å². The van der Waals surface area contributed by atoms with E-state index < -0.39 is 41.4 Å². The van der Waals surface area contributed by atoms with Crippen LogP contribution in [0.5, 0.6) is 0 Å². The molecule has 11 heteroatoms. The van der Waals surface area contributed by atoms with Crippen molar-refractivity contribution in [3.63, 3.8) is 0 Å². The van der Waals surface area contributed by atoms with Crippen molar-refractivity contribution in [1.29, 1.82) is 0 Å². The van der Waals surface area contributed by atoms with Crippen molar-refractivity contribution in [3.05, 3.63) is 71.2 Å². The number of methoxy groups -OCH3 is 1. The Morgan fingerprint density at radius 3 is 2.43 bits per heavy atom. The van der Waals surface area contributed by atoms with Gasteiger partial charge in [-0.25, -0.2) is 9.59 Å². The molecule has 1 rings (SSSR count). The zero-order valence-corrected chi connectivity index (χ0v) is 26.2. The van der Waals surface area contributed by atoms with Gasteiger partial charge in [-0.15, -0.1) is 0 Å². The van der Waals surface area contributed by atoms with Crippen LogP contribution in [0.4, 0.5) is 4.79 Å². The Bertz CT molecular complexity index is 1140. The quantitative estimate of drug-likeness (QED) is 0.142. The third-order valence-electron chi connectivity index (χ3n) is 6.15. The summed E-state index contributed by atoms with van der Waals surface area (Å²) in [6.45, 7) is 11.1. The van der Waals surface area contributed by atoms with Crippen LogP contribution in [0.3, 0.4) is 0 Å². The molecule has 0 spiro atoms. The molecule has 0 aromatic rings. The van der Waals surface area contributed by atoms with E-state index >= 15 is 0 Å². The molecule has 0 saturated carbocycles. The summed E-state index contributed by atoms with van der Waals surface area (Å²) in [6, 6.07) is -0.823. The van der Waals surface area contributed by atoms with Crippen LogP contribution in [0.15, 0.2) is 71.2 Å². The third kappa shape index (κ3) is 14.2. The molecular formula is C31H44ClN3O7. The second-order valence-electron chi connectivity index (χ2n) is 11.0. The number of ether oxygens (including phenoxy) is 3. The van der Waals surface area contributed by atoms with Crippen molar-refractivity contribution in [2.45, 2.75) is 79.1 Å². The number of cyclic esters (lactones) is 1. The first kappa shape index (κ1) is 36.2. The van der Waals surface area contributed by atoms with Crippen molar-refractivity contribution in [2.75, 3.05) is 7.11 Å². The van der Waals surface area contributed by atoms with Crippen LogP contribution < -0.4 is 16.4 Å². The second kappa shape index (κ2) is 17.9. The lowest BCUT2D eigenvalue weighted by atomic mass is 9.86. The maximum absolute atomic E-state index is 12.9. The SMILES string of the molecule is COC1=CCC(C(C)/C=C(C)/C=C\C=C/C(=O)NC(C(=O)N/C=C\CC(C/C=C(\C)Cl)OC(N)=O)C(C)(C)C)OC1=O. The van der Waals surface area contributed by atoms with Crippen molar-refractivity contribution in [3.8, 4) is 0 Å². The molecule has 0 fully saturated rings. The van der Waals surface area contributed by atoms with E-state index in [2.05, 4.69) is 10.6 Å². The van der Waals surface area contributed by atoms with Crippen LogP contribution in [-0.4, -0.2) is 49.2 Å². The van der Waals surface area contributed by atoms with Crippen LogP contribution in [0, 0.1) is 11.3 Å². The smallest absolute Gasteiger partial charge is 0.404 e. The number of nitrogens with two attached hydrogens (primary N) is 1. The molecule has 1 aliphatic rings. The average Bonchev–Trinajstić information content (AvgIpc) is 2.89. The number of esters is 1. The summed E-state index contributed by atoms with van der Waals surface area (Å²) in [7, 11) is 1.43. The Morgan fingerprint density at radius 1 is 1.19 bits per heavy atom. The first-order chi connectivity index (χ1) is 19.6. The van der Waals surface area contributed by atoms with Gasteiger partial charge >= 0.3 is 12.1 Å². The fraction of sp³-hybridized carbons (Fsp3) is 0.484. The lowest BCUT2D eigenvalue weighted by molar-refractivity contribution is -0.151. The number of rotatable bonds is 14. The molecule has 232 valence electrons. The predicted molar refractivity (Wildman–Crippen MR) is 163 cm³/mol. The van der Waals surface area contributed by atoms with Gasteiger partial charge in [-0.3, -0.25) is 9.59 Å². The summed E-state index contributed by atoms with van der Waals surface area (Å²) >= 11 is 5.84. The monoisotopic (exact) mass is 605 g/mol. The largest absolute Gasteiger partial charge is 0.490 e. The summed E-state index contributed by atoms with van der Waals surface area (Å²) in [4.78, 5) is 48.5. The Hall–Kier alpha value is -3.79. The van der Waals surface area contributed by atoms with Gasteiger partial charge in [-0.2, -0.15) is 0 Å². The zero-order valence-electron chi connectivity index (χ0n) is 25.4. The number of primary amides is 1. The lowest BCUT2D eigenvalue weighted by Gasteiger charge is -2.29. The molecular weight excluding hydrogens is 562 g/mol. The van der Waals surface area contributed by atoms with E-state index in [-0.39, 0.29) is 17.8 Å². The number of allylic oxidation sites excluding steroid dienone is 5. The molecule has 0 bridgehead atoms. The number of amides is 3. The van der Waals surface area contributed by atoms with Crippen LogP contribution in [0.1, 0.15) is 60.8 Å². The molecule has 0 saturated heterocycles. The summed E-state index contributed by atoms with van der Waals surface area (Å²) in [5.41, 5.74) is 5.48.